The molecule has 1 saturated heterocycles. The van der Waals surface area contributed by atoms with E-state index in [0.717, 1.165) is 13.0 Å². The van der Waals surface area contributed by atoms with Gasteiger partial charge in [0.15, 0.2) is 0 Å². The van der Waals surface area contributed by atoms with Gasteiger partial charge in [-0.3, -0.25) is 9.69 Å². The number of hydrogen-bond donors (Lipinski definition) is 0. The number of esters is 1. The molecule has 0 radical (unpaired) electrons. The van der Waals surface area contributed by atoms with Gasteiger partial charge in [-0.15, -0.1) is 0 Å². The Labute approximate surface area is 100 Å². The molecule has 1 heterocycles. The molecule has 1 rings (SSSR count). The van der Waals surface area contributed by atoms with Crippen LogP contribution in [0.2, 0.25) is 0 Å². The lowest BCUT2D eigenvalue weighted by Gasteiger charge is -2.28. The molecule has 3 atom stereocenters. The Bertz CT molecular complexity index is 223. The van der Waals surface area contributed by atoms with Gasteiger partial charge < -0.3 is 4.74 Å². The van der Waals surface area contributed by atoms with Crippen LogP contribution in [0, 0.1) is 0 Å². The summed E-state index contributed by atoms with van der Waals surface area (Å²) in [4.78, 5) is 13.5. The molecular weight excluding hydrogens is 258 g/mol. The smallest absolute Gasteiger partial charge is 0.320 e. The maximum atomic E-state index is 11.3. The zero-order chi connectivity index (χ0) is 11.4. The largest absolute Gasteiger partial charge is 0.468 e. The van der Waals surface area contributed by atoms with E-state index in [4.69, 9.17) is 4.74 Å². The van der Waals surface area contributed by atoms with Gasteiger partial charge in [-0.1, -0.05) is 22.9 Å². The third-order valence-corrected chi connectivity index (χ3v) is 3.92. The summed E-state index contributed by atoms with van der Waals surface area (Å²) < 4.78 is 4.71. The Morgan fingerprint density at radius 1 is 1.60 bits per heavy atom. The van der Waals surface area contributed by atoms with Crippen LogP contribution in [0.25, 0.3) is 0 Å². The summed E-state index contributed by atoms with van der Waals surface area (Å²) in [6.45, 7) is 5.19. The van der Waals surface area contributed by atoms with Crippen LogP contribution in [0.5, 0.6) is 0 Å². The van der Waals surface area contributed by atoms with Crippen LogP contribution in [0.15, 0.2) is 0 Å². The van der Waals surface area contributed by atoms with Gasteiger partial charge in [0, 0.05) is 18.6 Å². The van der Waals surface area contributed by atoms with Crippen molar-refractivity contribution in [2.45, 2.75) is 50.0 Å². The highest BCUT2D eigenvalue weighted by molar-refractivity contribution is 9.10. The predicted octanol–water partition coefficient (Wildman–Crippen LogP) is 2.19. The second-order valence-corrected chi connectivity index (χ2v) is 5.28. The summed E-state index contributed by atoms with van der Waals surface area (Å²) in [5.74, 6) is -0.177. The molecular formula is C11H20BrNO2. The highest BCUT2D eigenvalue weighted by Gasteiger charge is 2.32. The number of alkyl halides is 1. The lowest BCUT2D eigenvalue weighted by atomic mass is 10.1. The number of carbonyl (C=O) groups is 1. The van der Waals surface area contributed by atoms with E-state index < -0.39 is 0 Å². The number of rotatable bonds is 4. The second kappa shape index (κ2) is 5.85. The number of methoxy groups -OCH3 is 1. The van der Waals surface area contributed by atoms with Crippen molar-refractivity contribution in [1.82, 2.24) is 4.90 Å². The van der Waals surface area contributed by atoms with E-state index in [2.05, 4.69) is 34.7 Å². The van der Waals surface area contributed by atoms with Crippen LogP contribution in [-0.4, -0.2) is 41.4 Å². The molecule has 88 valence electrons. The number of halogens is 1. The van der Waals surface area contributed by atoms with Crippen LogP contribution < -0.4 is 0 Å². The van der Waals surface area contributed by atoms with E-state index in [9.17, 15) is 4.79 Å². The first-order valence-electron chi connectivity index (χ1n) is 5.57. The molecule has 0 aromatic rings. The Hall–Kier alpha value is -0.0900. The van der Waals surface area contributed by atoms with Crippen molar-refractivity contribution in [3.63, 3.8) is 0 Å². The maximum Gasteiger partial charge on any atom is 0.320 e. The van der Waals surface area contributed by atoms with E-state index in [1.807, 2.05) is 0 Å². The third kappa shape index (κ3) is 3.18. The van der Waals surface area contributed by atoms with Crippen molar-refractivity contribution in [3.8, 4) is 0 Å². The number of hydrogen-bond acceptors (Lipinski definition) is 3. The first-order valence-corrected chi connectivity index (χ1v) is 6.49. The van der Waals surface area contributed by atoms with Gasteiger partial charge in [-0.25, -0.2) is 0 Å². The first kappa shape index (κ1) is 13.0. The normalized spacial score (nSPS) is 29.1. The van der Waals surface area contributed by atoms with Crippen molar-refractivity contribution < 1.29 is 9.53 Å². The zero-order valence-corrected chi connectivity index (χ0v) is 11.3. The number of ether oxygens (including phenoxy) is 1. The van der Waals surface area contributed by atoms with Crippen LogP contribution in [0.4, 0.5) is 0 Å². The van der Waals surface area contributed by atoms with Crippen LogP contribution in [-0.2, 0) is 9.53 Å². The molecule has 1 fully saturated rings. The van der Waals surface area contributed by atoms with E-state index in [0.29, 0.717) is 12.1 Å². The van der Waals surface area contributed by atoms with Gasteiger partial charge in [0.05, 0.1) is 7.11 Å². The van der Waals surface area contributed by atoms with Gasteiger partial charge in [0.1, 0.15) is 4.83 Å². The van der Waals surface area contributed by atoms with Crippen LogP contribution in [0.3, 0.4) is 0 Å². The van der Waals surface area contributed by atoms with Gasteiger partial charge in [0.25, 0.3) is 0 Å². The van der Waals surface area contributed by atoms with Gasteiger partial charge in [0.2, 0.25) is 0 Å². The number of carbonyl (C=O) groups excluding carboxylic acids is 1. The van der Waals surface area contributed by atoms with Crippen molar-refractivity contribution in [2.75, 3.05) is 13.7 Å². The minimum absolute atomic E-state index is 0.177. The summed E-state index contributed by atoms with van der Waals surface area (Å²) in [5, 5.41) is 0. The van der Waals surface area contributed by atoms with Crippen molar-refractivity contribution in [2.24, 2.45) is 0 Å². The molecule has 0 amide bonds. The predicted molar refractivity (Wildman–Crippen MR) is 64.2 cm³/mol. The van der Waals surface area contributed by atoms with Gasteiger partial charge >= 0.3 is 5.97 Å². The van der Waals surface area contributed by atoms with Crippen molar-refractivity contribution in [3.05, 3.63) is 0 Å². The highest BCUT2D eigenvalue weighted by atomic mass is 79.9. The summed E-state index contributed by atoms with van der Waals surface area (Å²) in [6, 6.07) is 1.21. The molecule has 0 aliphatic carbocycles. The lowest BCUT2D eigenvalue weighted by Crippen LogP contribution is -2.40. The Balaban J connectivity index is 2.51. The van der Waals surface area contributed by atoms with E-state index in [-0.39, 0.29) is 10.8 Å². The average molecular weight is 278 g/mol. The number of likely N-dealkylation sites (tertiary alicyclic amines) is 1. The molecule has 1 aliphatic rings. The number of nitrogens with zero attached hydrogens (tertiary/aromatic N) is 1. The van der Waals surface area contributed by atoms with Crippen molar-refractivity contribution in [1.29, 1.82) is 0 Å². The van der Waals surface area contributed by atoms with E-state index in [1.54, 1.807) is 0 Å². The fourth-order valence-corrected chi connectivity index (χ4v) is 2.80. The molecule has 3 nitrogen and oxygen atoms in total. The second-order valence-electron chi connectivity index (χ2n) is 4.18. The summed E-state index contributed by atoms with van der Waals surface area (Å²) >= 11 is 3.38. The summed E-state index contributed by atoms with van der Waals surface area (Å²) in [7, 11) is 1.43. The molecule has 0 aromatic heterocycles. The van der Waals surface area contributed by atoms with Crippen LogP contribution in [0.1, 0.15) is 33.1 Å². The van der Waals surface area contributed by atoms with Gasteiger partial charge in [-0.2, -0.15) is 0 Å². The molecule has 15 heavy (non-hydrogen) atoms. The van der Waals surface area contributed by atoms with Crippen LogP contribution >= 0.6 is 15.9 Å². The Morgan fingerprint density at radius 2 is 2.27 bits per heavy atom. The molecule has 0 N–H and O–H groups in total. The third-order valence-electron chi connectivity index (χ3n) is 3.25. The molecule has 3 unspecified atom stereocenters. The van der Waals surface area contributed by atoms with Crippen molar-refractivity contribution >= 4 is 21.9 Å². The molecule has 1 aliphatic heterocycles. The fourth-order valence-electron chi connectivity index (χ4n) is 2.28. The zero-order valence-electron chi connectivity index (χ0n) is 9.70. The Morgan fingerprint density at radius 3 is 2.80 bits per heavy atom. The van der Waals surface area contributed by atoms with Gasteiger partial charge in [-0.05, 0) is 26.2 Å². The molecule has 4 heteroatoms. The summed E-state index contributed by atoms with van der Waals surface area (Å²) in [5.41, 5.74) is 0. The standard InChI is InChI=1S/C11H20BrNO2/c1-4-9-6-5-8(2)13(9)7-10(12)11(14)15-3/h8-10H,4-7H2,1-3H3. The maximum absolute atomic E-state index is 11.3. The monoisotopic (exact) mass is 277 g/mol. The average Bonchev–Trinajstić information content (AvgIpc) is 2.59. The minimum Gasteiger partial charge on any atom is -0.468 e. The highest BCUT2D eigenvalue weighted by Crippen LogP contribution is 2.26. The Kier molecular flexibility index (Phi) is 5.06. The quantitative estimate of drug-likeness (QED) is 0.583. The molecule has 0 spiro atoms. The van der Waals surface area contributed by atoms with E-state index >= 15 is 0 Å². The lowest BCUT2D eigenvalue weighted by molar-refractivity contribution is -0.140. The SMILES string of the molecule is CCC1CCC(C)N1CC(Br)C(=O)OC. The minimum atomic E-state index is -0.197. The topological polar surface area (TPSA) is 29.5 Å². The molecule has 0 aromatic carbocycles. The first-order chi connectivity index (χ1) is 7.10. The molecule has 0 bridgehead atoms. The fraction of sp³-hybridized carbons (Fsp3) is 0.909. The molecule has 0 saturated carbocycles. The van der Waals surface area contributed by atoms with E-state index in [1.165, 1.54) is 20.0 Å². The summed E-state index contributed by atoms with van der Waals surface area (Å²) in [6.07, 6.45) is 3.64.